The van der Waals surface area contributed by atoms with Gasteiger partial charge in [0.25, 0.3) is 11.5 Å². The van der Waals surface area contributed by atoms with Crippen molar-refractivity contribution in [1.29, 1.82) is 5.26 Å². The average Bonchev–Trinajstić information content (AvgIpc) is 3.47. The van der Waals surface area contributed by atoms with E-state index in [1.54, 1.807) is 23.9 Å². The topological polar surface area (TPSA) is 152 Å². The zero-order valence-electron chi connectivity index (χ0n) is 19.6. The lowest BCUT2D eigenvalue weighted by Crippen LogP contribution is -2.29. The molecule has 0 aliphatic rings. The van der Waals surface area contributed by atoms with Crippen LogP contribution >= 0.6 is 0 Å². The van der Waals surface area contributed by atoms with E-state index < -0.39 is 34.7 Å². The fourth-order valence-corrected chi connectivity index (χ4v) is 4.23. The van der Waals surface area contributed by atoms with Gasteiger partial charge in [-0.2, -0.15) is 10.4 Å². The van der Waals surface area contributed by atoms with Gasteiger partial charge in [0.15, 0.2) is 5.69 Å². The van der Waals surface area contributed by atoms with Crippen LogP contribution in [0.3, 0.4) is 0 Å². The third kappa shape index (κ3) is 4.29. The summed E-state index contributed by atoms with van der Waals surface area (Å²) in [6, 6.07) is 9.38. The number of benzene rings is 1. The Balaban J connectivity index is 1.88. The number of nitrogens with one attached hydrogen (secondary N) is 1. The van der Waals surface area contributed by atoms with E-state index in [-0.39, 0.29) is 11.5 Å². The summed E-state index contributed by atoms with van der Waals surface area (Å²) in [5, 5.41) is 30.8. The van der Waals surface area contributed by atoms with Crippen LogP contribution < -0.4 is 10.9 Å². The van der Waals surface area contributed by atoms with Crippen LogP contribution in [0, 0.1) is 18.3 Å². The summed E-state index contributed by atoms with van der Waals surface area (Å²) < 4.78 is 7.59. The normalized spacial score (nSPS) is 12.7. The Kier molecular flexibility index (Phi) is 6.20. The van der Waals surface area contributed by atoms with Gasteiger partial charge in [0.1, 0.15) is 17.8 Å². The van der Waals surface area contributed by atoms with E-state index >= 15 is 0 Å². The molecule has 0 unspecified atom stereocenters. The van der Waals surface area contributed by atoms with Gasteiger partial charge in [0.05, 0.1) is 23.5 Å². The molecular weight excluding hydrogens is 450 g/mol. The molecule has 3 aromatic heterocycles. The first-order chi connectivity index (χ1) is 16.7. The molecule has 0 bridgehead atoms. The second-order valence-electron chi connectivity index (χ2n) is 8.24. The van der Waals surface area contributed by atoms with E-state index in [2.05, 4.69) is 26.6 Å². The minimum Gasteiger partial charge on any atom is -0.501 e. The third-order valence-corrected chi connectivity index (χ3v) is 5.87. The highest BCUT2D eigenvalue weighted by Gasteiger charge is 2.33. The van der Waals surface area contributed by atoms with Crippen LogP contribution in [0.2, 0.25) is 0 Å². The van der Waals surface area contributed by atoms with E-state index in [1.165, 1.54) is 24.1 Å². The molecule has 4 aromatic rings. The van der Waals surface area contributed by atoms with Crippen molar-refractivity contribution in [1.82, 2.24) is 24.5 Å². The monoisotopic (exact) mass is 473 g/mol. The number of amides is 1. The molecule has 0 aliphatic heterocycles. The summed E-state index contributed by atoms with van der Waals surface area (Å²) in [7, 11) is 3.28. The number of carbonyl (C=O) groups excluding carboxylic acids is 1. The largest absolute Gasteiger partial charge is 0.501 e. The maximum absolute atomic E-state index is 12.9. The van der Waals surface area contributed by atoms with Crippen LogP contribution in [0.15, 0.2) is 52.2 Å². The number of nitriles is 1. The zero-order valence-corrected chi connectivity index (χ0v) is 19.6. The van der Waals surface area contributed by atoms with E-state index in [4.69, 9.17) is 4.52 Å². The molecule has 0 radical (unpaired) electrons. The Bertz CT molecular complexity index is 1500. The molecule has 3 heterocycles. The first-order valence-electron chi connectivity index (χ1n) is 10.7. The summed E-state index contributed by atoms with van der Waals surface area (Å²) in [6.45, 7) is 3.76. The quantitative estimate of drug-likeness (QED) is 0.433. The maximum Gasteiger partial charge on any atom is 0.296 e. The molecule has 0 saturated carbocycles. The molecule has 4 rings (SSSR count). The molecule has 0 fully saturated rings. The molecule has 2 atom stereocenters. The first-order valence-corrected chi connectivity index (χ1v) is 10.7. The highest BCUT2D eigenvalue weighted by Crippen LogP contribution is 2.39. The number of rotatable bonds is 6. The fourth-order valence-electron chi connectivity index (χ4n) is 4.23. The van der Waals surface area contributed by atoms with Crippen LogP contribution in [0.5, 0.6) is 5.75 Å². The van der Waals surface area contributed by atoms with Crippen LogP contribution in [0.25, 0.3) is 0 Å². The van der Waals surface area contributed by atoms with Crippen molar-refractivity contribution in [3.05, 3.63) is 87.2 Å². The summed E-state index contributed by atoms with van der Waals surface area (Å²) in [5.74, 6) is -2.31. The van der Waals surface area contributed by atoms with Crippen LogP contribution in [-0.2, 0) is 14.1 Å². The first kappa shape index (κ1) is 23.4. The summed E-state index contributed by atoms with van der Waals surface area (Å²) in [6.07, 6.45) is 4.35. The van der Waals surface area contributed by atoms with Gasteiger partial charge in [-0.05, 0) is 24.1 Å². The lowest BCUT2D eigenvalue weighted by molar-refractivity contribution is 0.101. The predicted octanol–water partition coefficient (Wildman–Crippen LogP) is 2.58. The minimum absolute atomic E-state index is 0.242. The number of carbonyl (C=O) groups is 1. The predicted molar refractivity (Wildman–Crippen MR) is 125 cm³/mol. The highest BCUT2D eigenvalue weighted by atomic mass is 16.5. The minimum atomic E-state index is -0.792. The highest BCUT2D eigenvalue weighted by molar-refractivity contribution is 6.04. The van der Waals surface area contributed by atoms with Crippen molar-refractivity contribution >= 4 is 11.6 Å². The molecule has 11 nitrogen and oxygen atoms in total. The van der Waals surface area contributed by atoms with Gasteiger partial charge in [-0.15, -0.1) is 0 Å². The van der Waals surface area contributed by atoms with Crippen molar-refractivity contribution in [3.63, 3.8) is 0 Å². The Morgan fingerprint density at radius 3 is 2.66 bits per heavy atom. The number of aryl methyl sites for hydroxylation is 2. The second-order valence-corrected chi connectivity index (χ2v) is 8.24. The van der Waals surface area contributed by atoms with Gasteiger partial charge in [0, 0.05) is 32.1 Å². The Morgan fingerprint density at radius 2 is 2.03 bits per heavy atom. The van der Waals surface area contributed by atoms with Crippen molar-refractivity contribution in [3.8, 4) is 11.8 Å². The van der Waals surface area contributed by atoms with E-state index in [9.17, 15) is 20.0 Å². The summed E-state index contributed by atoms with van der Waals surface area (Å²) in [4.78, 5) is 30.1. The van der Waals surface area contributed by atoms with Crippen molar-refractivity contribution in [2.24, 2.45) is 14.1 Å². The SMILES string of the molecule is Cc1cn(C)nc1[C@@H](c1ccccc1C#N)[C@H](C)c1nc(C(=O)Nc2cnoc2)c(O)c(=O)n1C. The number of anilines is 1. The molecule has 11 heteroatoms. The second kappa shape index (κ2) is 9.26. The van der Waals surface area contributed by atoms with Crippen molar-refractivity contribution in [2.75, 3.05) is 5.32 Å². The van der Waals surface area contributed by atoms with Crippen LogP contribution in [0.4, 0.5) is 5.69 Å². The Hall–Kier alpha value is -4.72. The maximum atomic E-state index is 12.9. The van der Waals surface area contributed by atoms with E-state index in [0.29, 0.717) is 16.8 Å². The van der Waals surface area contributed by atoms with Crippen molar-refractivity contribution in [2.45, 2.75) is 25.7 Å². The van der Waals surface area contributed by atoms with Gasteiger partial charge in [-0.1, -0.05) is 30.3 Å². The third-order valence-electron chi connectivity index (χ3n) is 5.87. The van der Waals surface area contributed by atoms with E-state index in [0.717, 1.165) is 5.56 Å². The molecule has 178 valence electrons. The molecule has 1 aromatic carbocycles. The lowest BCUT2D eigenvalue weighted by Gasteiger charge is -2.26. The zero-order chi connectivity index (χ0) is 25.3. The molecular formula is C24H23N7O4. The molecule has 0 aliphatic carbocycles. The number of hydrogen-bond acceptors (Lipinski definition) is 8. The average molecular weight is 473 g/mol. The number of nitrogens with zero attached hydrogens (tertiary/aromatic N) is 6. The van der Waals surface area contributed by atoms with Gasteiger partial charge in [-0.3, -0.25) is 18.8 Å². The van der Waals surface area contributed by atoms with Gasteiger partial charge < -0.3 is 14.9 Å². The standard InChI is InChI=1S/C24H23N7O4/c1-13-11-30(3)29-19(13)18(17-8-6-5-7-15(17)9-25)14(2)22-28-20(21(32)24(34)31(22)4)23(33)27-16-10-26-35-12-16/h5-8,10-12,14,18,32H,1-4H3,(H,27,33)/t14-,18+/m0/s1. The Morgan fingerprint density at radius 1 is 1.29 bits per heavy atom. The summed E-state index contributed by atoms with van der Waals surface area (Å²) >= 11 is 0. The van der Waals surface area contributed by atoms with Crippen LogP contribution in [-0.4, -0.2) is 35.5 Å². The molecule has 35 heavy (non-hydrogen) atoms. The lowest BCUT2D eigenvalue weighted by atomic mass is 9.80. The van der Waals surface area contributed by atoms with Gasteiger partial charge >= 0.3 is 0 Å². The van der Waals surface area contributed by atoms with Crippen LogP contribution in [0.1, 0.15) is 57.5 Å². The number of aromatic nitrogens is 5. The molecule has 0 saturated heterocycles. The number of aromatic hydroxyl groups is 1. The molecule has 2 N–H and O–H groups in total. The molecule has 1 amide bonds. The molecule has 0 spiro atoms. The van der Waals surface area contributed by atoms with E-state index in [1.807, 2.05) is 32.2 Å². The summed E-state index contributed by atoms with van der Waals surface area (Å²) in [5.41, 5.74) is 1.82. The van der Waals surface area contributed by atoms with Gasteiger partial charge in [0.2, 0.25) is 5.75 Å². The van der Waals surface area contributed by atoms with Gasteiger partial charge in [-0.25, -0.2) is 4.98 Å². The fraction of sp³-hybridized carbons (Fsp3) is 0.250. The number of hydrogen-bond donors (Lipinski definition) is 2. The Labute approximate surface area is 200 Å². The van der Waals surface area contributed by atoms with Crippen molar-refractivity contribution < 1.29 is 14.4 Å². The smallest absolute Gasteiger partial charge is 0.296 e.